The van der Waals surface area contributed by atoms with Crippen LogP contribution in [0.3, 0.4) is 0 Å². The van der Waals surface area contributed by atoms with Gasteiger partial charge in [0.25, 0.3) is 0 Å². The summed E-state index contributed by atoms with van der Waals surface area (Å²) in [5.74, 6) is 7.55. The number of hydrogen-bond acceptors (Lipinski definition) is 6. The van der Waals surface area contributed by atoms with Crippen molar-refractivity contribution in [3.63, 3.8) is 0 Å². The van der Waals surface area contributed by atoms with Gasteiger partial charge in [-0.2, -0.15) is 5.10 Å². The molecule has 2 aromatic rings. The van der Waals surface area contributed by atoms with Gasteiger partial charge in [-0.25, -0.2) is 15.8 Å². The lowest BCUT2D eigenvalue weighted by molar-refractivity contribution is 0.710. The number of nitrogens with one attached hydrogen (secondary N) is 2. The molecule has 0 aliphatic heterocycles. The van der Waals surface area contributed by atoms with Gasteiger partial charge < -0.3 is 10.7 Å². The topological polar surface area (TPSA) is 93.7 Å². The minimum absolute atomic E-state index is 0.620. The van der Waals surface area contributed by atoms with E-state index in [0.717, 1.165) is 31.0 Å². The van der Waals surface area contributed by atoms with E-state index in [9.17, 15) is 0 Å². The molecule has 2 aromatic heterocycles. The van der Waals surface area contributed by atoms with Crippen LogP contribution in [-0.4, -0.2) is 26.3 Å². The Morgan fingerprint density at radius 2 is 2.11 bits per heavy atom. The smallest absolute Gasteiger partial charge is 0.145 e. The van der Waals surface area contributed by atoms with Crippen LogP contribution in [0.5, 0.6) is 0 Å². The Bertz CT molecular complexity index is 512. The summed E-state index contributed by atoms with van der Waals surface area (Å²) in [4.78, 5) is 8.64. The first kappa shape index (κ1) is 13.3. The van der Waals surface area contributed by atoms with E-state index >= 15 is 0 Å². The van der Waals surface area contributed by atoms with Crippen LogP contribution in [0, 0.1) is 0 Å². The quantitative estimate of drug-likeness (QED) is 0.524. The molecule has 4 N–H and O–H groups in total. The molecule has 0 atom stereocenters. The Kier molecular flexibility index (Phi) is 4.30. The third-order valence-corrected chi connectivity index (χ3v) is 2.85. The number of nitrogen functional groups attached to an aromatic ring is 1. The molecule has 102 valence electrons. The largest absolute Gasteiger partial charge is 0.370 e. The summed E-state index contributed by atoms with van der Waals surface area (Å²) in [6.45, 7) is 2.79. The van der Waals surface area contributed by atoms with E-state index in [0.29, 0.717) is 5.82 Å². The van der Waals surface area contributed by atoms with Crippen LogP contribution < -0.4 is 16.6 Å². The van der Waals surface area contributed by atoms with Gasteiger partial charge in [0.1, 0.15) is 17.5 Å². The molecule has 0 bridgehead atoms. The predicted molar refractivity (Wildman–Crippen MR) is 74.6 cm³/mol. The third-order valence-electron chi connectivity index (χ3n) is 2.85. The van der Waals surface area contributed by atoms with E-state index in [2.05, 4.69) is 25.8 Å². The molecule has 0 radical (unpaired) electrons. The average molecular weight is 261 g/mol. The molecule has 0 aromatic carbocycles. The lowest BCUT2D eigenvalue weighted by atomic mass is 10.3. The molecule has 0 aliphatic carbocycles. The van der Waals surface area contributed by atoms with Crippen LogP contribution in [0.1, 0.15) is 18.4 Å². The highest BCUT2D eigenvalue weighted by molar-refractivity contribution is 5.46. The summed E-state index contributed by atoms with van der Waals surface area (Å²) in [6.07, 6.45) is 3.45. The van der Waals surface area contributed by atoms with Gasteiger partial charge in [0, 0.05) is 44.4 Å². The highest BCUT2D eigenvalue weighted by Gasteiger charge is 2.03. The molecule has 0 unspecified atom stereocenters. The van der Waals surface area contributed by atoms with Gasteiger partial charge in [-0.15, -0.1) is 0 Å². The first-order valence-electron chi connectivity index (χ1n) is 6.28. The Balaban J connectivity index is 1.97. The van der Waals surface area contributed by atoms with Crippen LogP contribution in [0.4, 0.5) is 11.6 Å². The number of hydrogen-bond donors (Lipinski definition) is 3. The van der Waals surface area contributed by atoms with Gasteiger partial charge >= 0.3 is 0 Å². The van der Waals surface area contributed by atoms with E-state index in [1.165, 1.54) is 5.69 Å². The van der Waals surface area contributed by atoms with Gasteiger partial charge in [-0.05, 0) is 6.07 Å². The molecule has 0 aliphatic rings. The monoisotopic (exact) mass is 261 g/mol. The number of nitrogens with zero attached hydrogens (tertiary/aromatic N) is 4. The van der Waals surface area contributed by atoms with E-state index in [1.807, 2.05) is 24.7 Å². The zero-order valence-corrected chi connectivity index (χ0v) is 11.2. The summed E-state index contributed by atoms with van der Waals surface area (Å²) in [5, 5.41) is 7.41. The van der Waals surface area contributed by atoms with E-state index in [1.54, 1.807) is 12.3 Å². The summed E-state index contributed by atoms with van der Waals surface area (Å²) < 4.78 is 1.87. The summed E-state index contributed by atoms with van der Waals surface area (Å²) in [6, 6.07) is 3.80. The molecule has 0 amide bonds. The van der Waals surface area contributed by atoms with Crippen LogP contribution >= 0.6 is 0 Å². The number of hydrazine groups is 1. The SMILES string of the molecule is CCc1nc(NN)cc(NCCc2ccnn2C)n1. The molecule has 0 fully saturated rings. The minimum Gasteiger partial charge on any atom is -0.370 e. The number of rotatable bonds is 6. The maximum absolute atomic E-state index is 5.39. The van der Waals surface area contributed by atoms with Gasteiger partial charge in [-0.1, -0.05) is 6.92 Å². The van der Waals surface area contributed by atoms with Crippen LogP contribution in [0.2, 0.25) is 0 Å². The minimum atomic E-state index is 0.620. The molecule has 0 saturated carbocycles. The van der Waals surface area contributed by atoms with Gasteiger partial charge in [-0.3, -0.25) is 4.68 Å². The second-order valence-electron chi connectivity index (χ2n) is 4.18. The first-order valence-corrected chi connectivity index (χ1v) is 6.28. The highest BCUT2D eigenvalue weighted by Crippen LogP contribution is 2.11. The molecule has 19 heavy (non-hydrogen) atoms. The molecule has 2 rings (SSSR count). The normalized spacial score (nSPS) is 10.5. The van der Waals surface area contributed by atoms with Crippen molar-refractivity contribution < 1.29 is 0 Å². The lowest BCUT2D eigenvalue weighted by Gasteiger charge is -2.09. The maximum atomic E-state index is 5.39. The van der Waals surface area contributed by atoms with Crippen molar-refractivity contribution >= 4 is 11.6 Å². The van der Waals surface area contributed by atoms with Crippen molar-refractivity contribution in [1.29, 1.82) is 0 Å². The number of aromatic nitrogens is 4. The van der Waals surface area contributed by atoms with Gasteiger partial charge in [0.05, 0.1) is 0 Å². The summed E-state index contributed by atoms with van der Waals surface area (Å²) >= 11 is 0. The van der Waals surface area contributed by atoms with Crippen LogP contribution in [-0.2, 0) is 19.9 Å². The Morgan fingerprint density at radius 1 is 1.32 bits per heavy atom. The Morgan fingerprint density at radius 3 is 2.74 bits per heavy atom. The zero-order valence-electron chi connectivity index (χ0n) is 11.2. The number of aryl methyl sites for hydroxylation is 2. The lowest BCUT2D eigenvalue weighted by Crippen LogP contribution is -2.13. The fourth-order valence-electron chi connectivity index (χ4n) is 1.78. The fourth-order valence-corrected chi connectivity index (χ4v) is 1.78. The van der Waals surface area contributed by atoms with Crippen molar-refractivity contribution in [3.8, 4) is 0 Å². The molecule has 0 spiro atoms. The van der Waals surface area contributed by atoms with Crippen molar-refractivity contribution in [2.75, 3.05) is 17.3 Å². The van der Waals surface area contributed by atoms with Crippen molar-refractivity contribution in [2.24, 2.45) is 12.9 Å². The predicted octanol–water partition coefficient (Wildman–Crippen LogP) is 0.713. The van der Waals surface area contributed by atoms with Gasteiger partial charge in [0.2, 0.25) is 0 Å². The molecule has 7 nitrogen and oxygen atoms in total. The molecule has 7 heteroatoms. The third kappa shape index (κ3) is 3.41. The highest BCUT2D eigenvalue weighted by atomic mass is 15.3. The average Bonchev–Trinajstić information content (AvgIpc) is 2.84. The summed E-state index contributed by atoms with van der Waals surface area (Å²) in [7, 11) is 1.94. The standard InChI is InChI=1S/C12H19N7/c1-3-10-16-11(8-12(17-10)18-13)14-6-4-9-5-7-15-19(9)2/h5,7-8H,3-4,6,13H2,1-2H3,(H2,14,16,17,18). The summed E-state index contributed by atoms with van der Waals surface area (Å²) in [5.41, 5.74) is 3.73. The van der Waals surface area contributed by atoms with E-state index in [-0.39, 0.29) is 0 Å². The first-order chi connectivity index (χ1) is 9.22. The maximum Gasteiger partial charge on any atom is 0.145 e. The van der Waals surface area contributed by atoms with Crippen molar-refractivity contribution in [1.82, 2.24) is 19.7 Å². The van der Waals surface area contributed by atoms with Crippen LogP contribution in [0.15, 0.2) is 18.3 Å². The molecular weight excluding hydrogens is 242 g/mol. The second kappa shape index (κ2) is 6.14. The number of anilines is 2. The molecule has 2 heterocycles. The van der Waals surface area contributed by atoms with E-state index < -0.39 is 0 Å². The fraction of sp³-hybridized carbons (Fsp3) is 0.417. The van der Waals surface area contributed by atoms with E-state index in [4.69, 9.17) is 5.84 Å². The number of nitrogens with two attached hydrogens (primary N) is 1. The van der Waals surface area contributed by atoms with Crippen LogP contribution in [0.25, 0.3) is 0 Å². The van der Waals surface area contributed by atoms with Crippen molar-refractivity contribution in [3.05, 3.63) is 29.8 Å². The van der Waals surface area contributed by atoms with Gasteiger partial charge in [0.15, 0.2) is 0 Å². The molecular formula is C12H19N7. The Labute approximate surface area is 112 Å². The second-order valence-corrected chi connectivity index (χ2v) is 4.18. The van der Waals surface area contributed by atoms with Crippen molar-refractivity contribution in [2.45, 2.75) is 19.8 Å². The Hall–Kier alpha value is -2.15. The molecule has 0 saturated heterocycles. The zero-order chi connectivity index (χ0) is 13.7.